The third kappa shape index (κ3) is 5.18. The summed E-state index contributed by atoms with van der Waals surface area (Å²) >= 11 is 1.46. The molecule has 2 aromatic rings. The van der Waals surface area contributed by atoms with Crippen molar-refractivity contribution in [2.75, 3.05) is 37.6 Å². The molecule has 1 amide bonds. The molecule has 2 aromatic carbocycles. The molecule has 0 spiro atoms. The Morgan fingerprint density at radius 3 is 2.59 bits per heavy atom. The lowest BCUT2D eigenvalue weighted by Gasteiger charge is -2.11. The number of benzene rings is 2. The van der Waals surface area contributed by atoms with Crippen LogP contribution >= 0.6 is 11.8 Å². The maximum atomic E-state index is 12.5. The Kier molecular flexibility index (Phi) is 6.61. The number of anilines is 1. The fourth-order valence-electron chi connectivity index (χ4n) is 3.73. The lowest BCUT2D eigenvalue weighted by atomic mass is 10.1. The standard InChI is InChI=1S/C22H25N3O5S2/c1-29-17-7-8-19(30-2)15(11-17)9-10-23-21(26)14-3-5-16(6-4-14)24-22-25-18-12-32(27,28)13-20(18)31-22/h3-8,11,18,20H,9-10,12-13H2,1-2H3,(H,23,26)(H,24,25)/t18-,20+/m1/s1. The number of methoxy groups -OCH3 is 2. The van der Waals surface area contributed by atoms with Crippen molar-refractivity contribution in [3.63, 3.8) is 0 Å². The summed E-state index contributed by atoms with van der Waals surface area (Å²) in [5.41, 5.74) is 2.31. The van der Waals surface area contributed by atoms with Crippen LogP contribution in [0.1, 0.15) is 15.9 Å². The molecule has 1 saturated heterocycles. The largest absolute Gasteiger partial charge is 0.497 e. The third-order valence-electron chi connectivity index (χ3n) is 5.38. The molecule has 32 heavy (non-hydrogen) atoms. The molecule has 0 aromatic heterocycles. The van der Waals surface area contributed by atoms with Gasteiger partial charge in [-0.05, 0) is 54.4 Å². The first kappa shape index (κ1) is 22.5. The Bertz CT molecular complexity index is 1130. The highest BCUT2D eigenvalue weighted by atomic mass is 32.2. The van der Waals surface area contributed by atoms with E-state index in [4.69, 9.17) is 9.47 Å². The van der Waals surface area contributed by atoms with E-state index < -0.39 is 9.84 Å². The second kappa shape index (κ2) is 9.41. The van der Waals surface area contributed by atoms with Gasteiger partial charge in [0.15, 0.2) is 15.0 Å². The number of rotatable bonds is 7. The van der Waals surface area contributed by atoms with Crippen molar-refractivity contribution in [3.05, 3.63) is 53.6 Å². The fourth-order valence-corrected chi connectivity index (χ4v) is 7.41. The van der Waals surface area contributed by atoms with Gasteiger partial charge in [0.25, 0.3) is 5.91 Å². The minimum absolute atomic E-state index is 0.00393. The summed E-state index contributed by atoms with van der Waals surface area (Å²) in [5, 5.41) is 6.85. The average Bonchev–Trinajstić information content (AvgIpc) is 3.26. The van der Waals surface area contributed by atoms with E-state index in [1.807, 2.05) is 30.3 Å². The zero-order chi connectivity index (χ0) is 22.7. The smallest absolute Gasteiger partial charge is 0.251 e. The molecule has 0 saturated carbocycles. The number of carbonyl (C=O) groups is 1. The van der Waals surface area contributed by atoms with Gasteiger partial charge in [-0.25, -0.2) is 8.42 Å². The number of carbonyl (C=O) groups excluding carboxylic acids is 1. The van der Waals surface area contributed by atoms with Crippen LogP contribution in [-0.4, -0.2) is 63.1 Å². The lowest BCUT2D eigenvalue weighted by Crippen LogP contribution is -2.25. The maximum Gasteiger partial charge on any atom is 0.251 e. The molecule has 2 aliphatic heterocycles. The van der Waals surface area contributed by atoms with E-state index >= 15 is 0 Å². The number of nitrogens with zero attached hydrogens (tertiary/aromatic N) is 1. The van der Waals surface area contributed by atoms with E-state index in [-0.39, 0.29) is 28.7 Å². The highest BCUT2D eigenvalue weighted by molar-refractivity contribution is 8.15. The second-order valence-corrected chi connectivity index (χ2v) is 11.0. The number of amides is 1. The van der Waals surface area contributed by atoms with Crippen molar-refractivity contribution < 1.29 is 22.7 Å². The summed E-state index contributed by atoms with van der Waals surface area (Å²) in [6.45, 7) is 0.460. The molecule has 2 atom stereocenters. The van der Waals surface area contributed by atoms with Crippen LogP contribution in [0.25, 0.3) is 0 Å². The van der Waals surface area contributed by atoms with Gasteiger partial charge in [0.2, 0.25) is 0 Å². The highest BCUT2D eigenvalue weighted by Gasteiger charge is 2.42. The Balaban J connectivity index is 1.29. The number of fused-ring (bicyclic) bond motifs is 1. The Morgan fingerprint density at radius 2 is 1.91 bits per heavy atom. The number of thioether (sulfide) groups is 1. The van der Waals surface area contributed by atoms with Gasteiger partial charge in [-0.15, -0.1) is 0 Å². The van der Waals surface area contributed by atoms with Crippen LogP contribution in [-0.2, 0) is 16.3 Å². The quantitative estimate of drug-likeness (QED) is 0.633. The van der Waals surface area contributed by atoms with E-state index in [9.17, 15) is 13.2 Å². The second-order valence-electron chi connectivity index (χ2n) is 7.62. The zero-order valence-corrected chi connectivity index (χ0v) is 19.5. The van der Waals surface area contributed by atoms with Crippen molar-refractivity contribution >= 4 is 38.4 Å². The highest BCUT2D eigenvalue weighted by Crippen LogP contribution is 2.34. The van der Waals surface area contributed by atoms with Crippen molar-refractivity contribution in [3.8, 4) is 11.5 Å². The Labute approximate surface area is 191 Å². The van der Waals surface area contributed by atoms with Crippen LogP contribution < -0.4 is 20.1 Å². The van der Waals surface area contributed by atoms with Crippen molar-refractivity contribution in [1.29, 1.82) is 0 Å². The first-order chi connectivity index (χ1) is 15.4. The summed E-state index contributed by atoms with van der Waals surface area (Å²) in [6.07, 6.45) is 0.612. The predicted octanol–water partition coefficient (Wildman–Crippen LogP) is 2.36. The van der Waals surface area contributed by atoms with E-state index in [2.05, 4.69) is 15.6 Å². The van der Waals surface area contributed by atoms with Crippen LogP contribution in [0.4, 0.5) is 5.69 Å². The van der Waals surface area contributed by atoms with E-state index in [0.29, 0.717) is 18.5 Å². The van der Waals surface area contributed by atoms with Crippen LogP contribution in [0.5, 0.6) is 11.5 Å². The number of amidine groups is 1. The number of hydrogen-bond acceptors (Lipinski definition) is 8. The topological polar surface area (TPSA) is 106 Å². The molecule has 4 rings (SSSR count). The minimum Gasteiger partial charge on any atom is -0.497 e. The number of ether oxygens (including phenoxy) is 2. The van der Waals surface area contributed by atoms with Crippen LogP contribution in [0.15, 0.2) is 47.5 Å². The normalized spacial score (nSPS) is 20.9. The maximum absolute atomic E-state index is 12.5. The first-order valence-electron chi connectivity index (χ1n) is 10.2. The SMILES string of the molecule is COc1ccc(OC)c(CCNC(=O)c2ccc(NC3=N[C@@H]4CS(=O)(=O)C[C@@H]4S3)cc2)c1. The van der Waals surface area contributed by atoms with Gasteiger partial charge in [0.05, 0.1) is 31.8 Å². The van der Waals surface area contributed by atoms with Crippen molar-refractivity contribution in [2.24, 2.45) is 4.99 Å². The molecule has 0 bridgehead atoms. The van der Waals surface area contributed by atoms with Gasteiger partial charge in [-0.1, -0.05) is 11.8 Å². The molecule has 0 unspecified atom stereocenters. The molecular weight excluding hydrogens is 450 g/mol. The number of aliphatic imine (C=N–C) groups is 1. The van der Waals surface area contributed by atoms with Gasteiger partial charge in [0, 0.05) is 23.0 Å². The molecule has 170 valence electrons. The summed E-state index contributed by atoms with van der Waals surface area (Å²) in [7, 11) is 0.262. The molecule has 0 radical (unpaired) electrons. The molecule has 2 aliphatic rings. The van der Waals surface area contributed by atoms with Crippen LogP contribution in [0.3, 0.4) is 0 Å². The Hall–Kier alpha value is -2.72. The van der Waals surface area contributed by atoms with Crippen molar-refractivity contribution in [1.82, 2.24) is 5.32 Å². The fraction of sp³-hybridized carbons (Fsp3) is 0.364. The van der Waals surface area contributed by atoms with Gasteiger partial charge in [0.1, 0.15) is 11.5 Å². The van der Waals surface area contributed by atoms with Crippen molar-refractivity contribution in [2.45, 2.75) is 17.7 Å². The van der Waals surface area contributed by atoms with E-state index in [0.717, 1.165) is 27.9 Å². The van der Waals surface area contributed by atoms with Crippen LogP contribution in [0, 0.1) is 0 Å². The van der Waals surface area contributed by atoms with Crippen LogP contribution in [0.2, 0.25) is 0 Å². The monoisotopic (exact) mass is 475 g/mol. The zero-order valence-electron chi connectivity index (χ0n) is 17.8. The summed E-state index contributed by atoms with van der Waals surface area (Å²) < 4.78 is 34.0. The molecule has 1 fully saturated rings. The minimum atomic E-state index is -2.96. The molecular formula is C22H25N3O5S2. The van der Waals surface area contributed by atoms with E-state index in [1.165, 1.54) is 11.8 Å². The predicted molar refractivity (Wildman–Crippen MR) is 127 cm³/mol. The van der Waals surface area contributed by atoms with Gasteiger partial charge < -0.3 is 20.1 Å². The number of hydrogen-bond donors (Lipinski definition) is 2. The number of sulfone groups is 1. The summed E-state index contributed by atoms with van der Waals surface area (Å²) in [6, 6.07) is 12.5. The average molecular weight is 476 g/mol. The molecule has 0 aliphatic carbocycles. The lowest BCUT2D eigenvalue weighted by molar-refractivity contribution is 0.0954. The molecule has 8 nitrogen and oxygen atoms in total. The number of nitrogens with one attached hydrogen (secondary N) is 2. The third-order valence-corrected chi connectivity index (χ3v) is 8.53. The molecule has 2 heterocycles. The molecule has 2 N–H and O–H groups in total. The Morgan fingerprint density at radius 1 is 1.12 bits per heavy atom. The van der Waals surface area contributed by atoms with Gasteiger partial charge in [-0.2, -0.15) is 0 Å². The molecule has 10 heteroatoms. The summed E-state index contributed by atoms with van der Waals surface area (Å²) in [5.74, 6) is 1.63. The van der Waals surface area contributed by atoms with E-state index in [1.54, 1.807) is 26.4 Å². The summed E-state index contributed by atoms with van der Waals surface area (Å²) in [4.78, 5) is 17.0. The first-order valence-corrected chi connectivity index (χ1v) is 12.9. The van der Waals surface area contributed by atoms with Gasteiger partial charge >= 0.3 is 0 Å². The van der Waals surface area contributed by atoms with Gasteiger partial charge in [-0.3, -0.25) is 9.79 Å².